The minimum absolute atomic E-state index is 0.0319. The third-order valence-electron chi connectivity index (χ3n) is 3.24. The van der Waals surface area contributed by atoms with Crippen molar-refractivity contribution >= 4 is 5.91 Å². The number of para-hydroxylation sites is 1. The zero-order chi connectivity index (χ0) is 16.3. The van der Waals surface area contributed by atoms with Crippen LogP contribution in [0.4, 0.5) is 17.6 Å². The van der Waals surface area contributed by atoms with E-state index in [0.717, 1.165) is 0 Å². The van der Waals surface area contributed by atoms with E-state index < -0.39 is 30.5 Å². The van der Waals surface area contributed by atoms with E-state index in [1.165, 1.54) is 19.2 Å². The maximum absolute atomic E-state index is 13.6. The molecule has 1 amide bonds. The number of ether oxygens (including phenoxy) is 2. The second kappa shape index (κ2) is 6.51. The van der Waals surface area contributed by atoms with Crippen molar-refractivity contribution in [2.45, 2.75) is 18.7 Å². The first-order valence-electron chi connectivity index (χ1n) is 6.60. The summed E-state index contributed by atoms with van der Waals surface area (Å²) in [4.78, 5) is 12.9. The number of benzene rings is 1. The van der Waals surface area contributed by atoms with Crippen molar-refractivity contribution in [2.24, 2.45) is 0 Å². The number of halogens is 4. The molecule has 0 bridgehead atoms. The molecule has 0 spiro atoms. The summed E-state index contributed by atoms with van der Waals surface area (Å²) in [6, 6.07) is 4.21. The van der Waals surface area contributed by atoms with Gasteiger partial charge in [-0.2, -0.15) is 13.2 Å². The highest BCUT2D eigenvalue weighted by atomic mass is 19.4. The zero-order valence-electron chi connectivity index (χ0n) is 11.8. The molecule has 1 aromatic carbocycles. The summed E-state index contributed by atoms with van der Waals surface area (Å²) in [5, 5.41) is 0. The Morgan fingerprint density at radius 3 is 2.77 bits per heavy atom. The van der Waals surface area contributed by atoms with Gasteiger partial charge in [0.25, 0.3) is 5.91 Å². The average molecular weight is 321 g/mol. The van der Waals surface area contributed by atoms with Gasteiger partial charge in [0.05, 0.1) is 6.61 Å². The van der Waals surface area contributed by atoms with E-state index in [9.17, 15) is 22.4 Å². The van der Waals surface area contributed by atoms with Crippen LogP contribution >= 0.6 is 0 Å². The minimum Gasteiger partial charge on any atom is -0.477 e. The van der Waals surface area contributed by atoms with E-state index >= 15 is 0 Å². The summed E-state index contributed by atoms with van der Waals surface area (Å²) in [5.74, 6) is -1.53. The number of fused-ring (bicyclic) bond motifs is 1. The van der Waals surface area contributed by atoms with Gasteiger partial charge >= 0.3 is 6.18 Å². The lowest BCUT2D eigenvalue weighted by Gasteiger charge is -2.26. The number of methoxy groups -OCH3 is 1. The number of rotatable bonds is 5. The molecule has 0 saturated heterocycles. The first kappa shape index (κ1) is 16.5. The normalized spacial score (nSPS) is 17.0. The molecule has 0 aliphatic carbocycles. The van der Waals surface area contributed by atoms with Crippen LogP contribution < -0.4 is 4.74 Å². The fourth-order valence-electron chi connectivity index (χ4n) is 2.26. The number of alkyl halides is 3. The smallest absolute Gasteiger partial charge is 0.406 e. The molecular formula is C14H15F4NO3. The summed E-state index contributed by atoms with van der Waals surface area (Å²) in [6.45, 7) is -1.64. The third-order valence-corrected chi connectivity index (χ3v) is 3.24. The fourth-order valence-corrected chi connectivity index (χ4v) is 2.26. The van der Waals surface area contributed by atoms with E-state index in [1.54, 1.807) is 6.07 Å². The van der Waals surface area contributed by atoms with Crippen LogP contribution in [0.5, 0.6) is 5.75 Å². The predicted octanol–water partition coefficient (Wildman–Crippen LogP) is 2.17. The lowest BCUT2D eigenvalue weighted by Crippen LogP contribution is -2.47. The largest absolute Gasteiger partial charge is 0.477 e. The molecule has 1 aliphatic rings. The molecule has 0 unspecified atom stereocenters. The first-order valence-corrected chi connectivity index (χ1v) is 6.60. The summed E-state index contributed by atoms with van der Waals surface area (Å²) in [6.07, 6.45) is -5.63. The van der Waals surface area contributed by atoms with Crippen LogP contribution in [0.3, 0.4) is 0 Å². The van der Waals surface area contributed by atoms with Crippen LogP contribution in [0.25, 0.3) is 0 Å². The Labute approximate surface area is 124 Å². The van der Waals surface area contributed by atoms with Gasteiger partial charge in [-0.1, -0.05) is 12.1 Å². The molecule has 0 fully saturated rings. The fraction of sp³-hybridized carbons (Fsp3) is 0.500. The van der Waals surface area contributed by atoms with Gasteiger partial charge in [0, 0.05) is 25.6 Å². The van der Waals surface area contributed by atoms with Gasteiger partial charge in [-0.05, 0) is 6.07 Å². The molecule has 1 atom stereocenters. The number of carbonyl (C=O) groups is 1. The lowest BCUT2D eigenvalue weighted by molar-refractivity contribution is -0.166. The molecule has 1 heterocycles. The van der Waals surface area contributed by atoms with E-state index in [1.807, 2.05) is 0 Å². The van der Waals surface area contributed by atoms with Crippen LogP contribution in [0.1, 0.15) is 5.56 Å². The lowest BCUT2D eigenvalue weighted by atomic mass is 10.1. The molecule has 8 heteroatoms. The third kappa shape index (κ3) is 3.88. The molecule has 0 N–H and O–H groups in total. The summed E-state index contributed by atoms with van der Waals surface area (Å²) < 4.78 is 61.2. The molecule has 22 heavy (non-hydrogen) atoms. The maximum atomic E-state index is 13.6. The Morgan fingerprint density at radius 1 is 1.45 bits per heavy atom. The van der Waals surface area contributed by atoms with Crippen LogP contribution in [-0.4, -0.2) is 49.9 Å². The highest BCUT2D eigenvalue weighted by molar-refractivity contribution is 5.82. The second-order valence-corrected chi connectivity index (χ2v) is 4.91. The molecule has 0 saturated carbocycles. The Balaban J connectivity index is 2.10. The van der Waals surface area contributed by atoms with Crippen LogP contribution in [0, 0.1) is 5.82 Å². The van der Waals surface area contributed by atoms with Gasteiger partial charge in [-0.15, -0.1) is 0 Å². The van der Waals surface area contributed by atoms with Gasteiger partial charge in [-0.3, -0.25) is 4.79 Å². The molecule has 4 nitrogen and oxygen atoms in total. The average Bonchev–Trinajstić information content (AvgIpc) is 2.87. The van der Waals surface area contributed by atoms with Crippen molar-refractivity contribution in [3.8, 4) is 5.75 Å². The number of hydrogen-bond donors (Lipinski definition) is 0. The van der Waals surface area contributed by atoms with Gasteiger partial charge < -0.3 is 14.4 Å². The van der Waals surface area contributed by atoms with Crippen molar-refractivity contribution < 1.29 is 31.8 Å². The monoisotopic (exact) mass is 321 g/mol. The highest BCUT2D eigenvalue weighted by Crippen LogP contribution is 2.32. The number of hydrogen-bond acceptors (Lipinski definition) is 3. The summed E-state index contributed by atoms with van der Waals surface area (Å²) >= 11 is 0. The van der Waals surface area contributed by atoms with Crippen molar-refractivity contribution in [1.82, 2.24) is 4.90 Å². The number of amides is 1. The number of carbonyl (C=O) groups excluding carboxylic acids is 1. The molecule has 1 aliphatic heterocycles. The Bertz CT molecular complexity index is 547. The quantitative estimate of drug-likeness (QED) is 0.780. The number of nitrogens with zero attached hydrogens (tertiary/aromatic N) is 1. The van der Waals surface area contributed by atoms with E-state index in [-0.39, 0.29) is 25.3 Å². The van der Waals surface area contributed by atoms with Crippen LogP contribution in [0.2, 0.25) is 0 Å². The van der Waals surface area contributed by atoms with Gasteiger partial charge in [-0.25, -0.2) is 4.39 Å². The van der Waals surface area contributed by atoms with Gasteiger partial charge in [0.2, 0.25) is 0 Å². The molecular weight excluding hydrogens is 306 g/mol. The van der Waals surface area contributed by atoms with E-state index in [0.29, 0.717) is 10.5 Å². The van der Waals surface area contributed by atoms with Crippen LogP contribution in [0.15, 0.2) is 18.2 Å². The molecule has 2 rings (SSSR count). The minimum atomic E-state index is -4.53. The van der Waals surface area contributed by atoms with Crippen molar-refractivity contribution in [3.63, 3.8) is 0 Å². The van der Waals surface area contributed by atoms with Gasteiger partial charge in [0.15, 0.2) is 17.7 Å². The Morgan fingerprint density at radius 2 is 2.18 bits per heavy atom. The van der Waals surface area contributed by atoms with Crippen molar-refractivity contribution in [2.75, 3.05) is 26.8 Å². The highest BCUT2D eigenvalue weighted by Gasteiger charge is 2.38. The zero-order valence-corrected chi connectivity index (χ0v) is 11.8. The molecule has 0 aromatic heterocycles. The summed E-state index contributed by atoms with van der Waals surface area (Å²) in [7, 11) is 1.33. The SMILES string of the molecule is COCCN(CC(F)(F)F)C(=O)[C@H]1Cc2cccc(F)c2O1. The molecule has 1 aromatic rings. The first-order chi connectivity index (χ1) is 10.3. The van der Waals surface area contributed by atoms with Crippen LogP contribution in [-0.2, 0) is 16.0 Å². The molecule has 122 valence electrons. The standard InChI is InChI=1S/C14H15F4NO3/c1-21-6-5-19(8-14(16,17)18)13(20)11-7-9-3-2-4-10(15)12(9)22-11/h2-4,11H,5-8H2,1H3/t11-/m1/s1. The van der Waals surface area contributed by atoms with Crippen molar-refractivity contribution in [1.29, 1.82) is 0 Å². The van der Waals surface area contributed by atoms with E-state index in [2.05, 4.69) is 0 Å². The van der Waals surface area contributed by atoms with Crippen molar-refractivity contribution in [3.05, 3.63) is 29.6 Å². The maximum Gasteiger partial charge on any atom is 0.406 e. The summed E-state index contributed by atoms with van der Waals surface area (Å²) in [5.41, 5.74) is 0.469. The predicted molar refractivity (Wildman–Crippen MR) is 69.0 cm³/mol. The second-order valence-electron chi connectivity index (χ2n) is 4.91. The Kier molecular flexibility index (Phi) is 4.90. The van der Waals surface area contributed by atoms with E-state index in [4.69, 9.17) is 9.47 Å². The topological polar surface area (TPSA) is 38.8 Å². The molecule has 0 radical (unpaired) electrons. The Hall–Kier alpha value is -1.83. The van der Waals surface area contributed by atoms with Gasteiger partial charge in [0.1, 0.15) is 6.54 Å².